The fraction of sp³-hybridized carbons (Fsp3) is 0.985. The lowest BCUT2D eigenvalue weighted by molar-refractivity contribution is -0.144. The highest BCUT2D eigenvalue weighted by Gasteiger charge is 2.28. The number of rotatable bonds is 61. The van der Waals surface area contributed by atoms with Crippen molar-refractivity contribution in [2.75, 3.05) is 83.6 Å². The number of nitrogens with zero attached hydrogens (tertiary/aromatic N) is 4. The molecule has 0 radical (unpaired) electrons. The zero-order chi connectivity index (χ0) is 57.7. The van der Waals surface area contributed by atoms with Gasteiger partial charge in [-0.05, 0) is 84.8 Å². The Kier molecular flexibility index (Phi) is 55.4. The third-order valence-electron chi connectivity index (χ3n) is 16.9. The number of unbranched alkanes of at least 4 members (excludes halogenated alkanes) is 29. The lowest BCUT2D eigenvalue weighted by atomic mass is 10.0. The van der Waals surface area contributed by atoms with Crippen LogP contribution in [0.4, 0.5) is 0 Å². The number of piperazine rings is 1. The Labute approximate surface area is 499 Å². The highest BCUT2D eigenvalue weighted by molar-refractivity contribution is 8.76. The summed E-state index contributed by atoms with van der Waals surface area (Å²) in [5, 5.41) is 44.1. The summed E-state index contributed by atoms with van der Waals surface area (Å²) >= 11 is 0. The van der Waals surface area contributed by atoms with Crippen molar-refractivity contribution in [1.29, 1.82) is 0 Å². The summed E-state index contributed by atoms with van der Waals surface area (Å²) in [7, 11) is 4.00. The molecule has 1 heterocycles. The van der Waals surface area contributed by atoms with Gasteiger partial charge in [0.05, 0.1) is 24.4 Å². The van der Waals surface area contributed by atoms with Crippen molar-refractivity contribution in [3.63, 3.8) is 0 Å². The molecule has 4 N–H and O–H groups in total. The Morgan fingerprint density at radius 2 is 0.722 bits per heavy atom. The lowest BCUT2D eigenvalue weighted by Crippen LogP contribution is -2.57. The van der Waals surface area contributed by atoms with Crippen LogP contribution in [0.25, 0.3) is 0 Å². The molecule has 0 amide bonds. The van der Waals surface area contributed by atoms with E-state index < -0.39 is 12.2 Å². The standard InChI is InChI=1S/C67H136N4O6S2/c1-7-11-15-19-23-27-31-35-43-63(72)57-68(58-64(73)44-36-32-28-24-20-16-12-8-2)48-41-47-67(76)77-52-51-71-56-61(5)70(55-62(71)6)50-39-40-53-78-79-54-42-49-69(59-65(74)45-37-33-29-25-21-17-13-9-3)60-66(75)46-38-34-30-26-22-18-14-10-4/h61-66,72-75H,7-60H2,1-6H3. The summed E-state index contributed by atoms with van der Waals surface area (Å²) in [5.74, 6) is 2.12. The van der Waals surface area contributed by atoms with E-state index in [1.54, 1.807) is 0 Å². The Balaban J connectivity index is 2.41. The second-order valence-electron chi connectivity index (χ2n) is 24.9. The molecule has 79 heavy (non-hydrogen) atoms. The predicted octanol–water partition coefficient (Wildman–Crippen LogP) is 16.4. The van der Waals surface area contributed by atoms with Crippen LogP contribution >= 0.6 is 21.6 Å². The molecule has 6 unspecified atom stereocenters. The van der Waals surface area contributed by atoms with Gasteiger partial charge in [0.15, 0.2) is 0 Å². The van der Waals surface area contributed by atoms with E-state index in [0.717, 1.165) is 96.3 Å². The number of aliphatic hydroxyl groups excluding tert-OH is 4. The van der Waals surface area contributed by atoms with Crippen LogP contribution in [0.15, 0.2) is 0 Å². The quantitative estimate of drug-likeness (QED) is 0.0264. The van der Waals surface area contributed by atoms with Crippen LogP contribution in [0.1, 0.15) is 305 Å². The molecule has 1 saturated heterocycles. The largest absolute Gasteiger partial charge is 0.464 e. The smallest absolute Gasteiger partial charge is 0.305 e. The summed E-state index contributed by atoms with van der Waals surface area (Å²) in [5.41, 5.74) is 0. The highest BCUT2D eigenvalue weighted by atomic mass is 33.1. The van der Waals surface area contributed by atoms with Crippen LogP contribution in [0.5, 0.6) is 0 Å². The topological polar surface area (TPSA) is 120 Å². The van der Waals surface area contributed by atoms with Crippen molar-refractivity contribution in [3.05, 3.63) is 0 Å². The minimum atomic E-state index is -0.406. The number of hydrogen-bond acceptors (Lipinski definition) is 12. The van der Waals surface area contributed by atoms with E-state index in [4.69, 9.17) is 4.74 Å². The van der Waals surface area contributed by atoms with E-state index in [9.17, 15) is 25.2 Å². The second kappa shape index (κ2) is 57.0. The van der Waals surface area contributed by atoms with E-state index >= 15 is 0 Å². The molecular formula is C67H136N4O6S2. The Bertz CT molecular complexity index is 1220. The second-order valence-corrected chi connectivity index (χ2v) is 27.6. The monoisotopic (exact) mass is 1160 g/mol. The highest BCUT2D eigenvalue weighted by Crippen LogP contribution is 2.25. The van der Waals surface area contributed by atoms with Gasteiger partial charge in [0.2, 0.25) is 0 Å². The lowest BCUT2D eigenvalue weighted by Gasteiger charge is -2.44. The van der Waals surface area contributed by atoms with Crippen molar-refractivity contribution < 1.29 is 30.0 Å². The summed E-state index contributed by atoms with van der Waals surface area (Å²) in [6, 6.07) is 0.886. The van der Waals surface area contributed by atoms with Crippen LogP contribution in [-0.2, 0) is 9.53 Å². The molecule has 0 spiro atoms. The van der Waals surface area contributed by atoms with Gasteiger partial charge in [-0.25, -0.2) is 0 Å². The van der Waals surface area contributed by atoms with Crippen molar-refractivity contribution in [1.82, 2.24) is 19.6 Å². The SMILES string of the molecule is CCCCCCCCCCC(O)CN(CCCSSCCCCN1CC(C)N(CCOC(=O)CCCN(CC(O)CCCCCCCCCC)CC(O)CCCCCCCCCC)CC1C)CC(O)CCCCCCCCCC. The normalized spacial score (nSPS) is 17.1. The maximum Gasteiger partial charge on any atom is 0.305 e. The molecule has 1 fully saturated rings. The van der Waals surface area contributed by atoms with Crippen LogP contribution < -0.4 is 0 Å². The zero-order valence-electron chi connectivity index (χ0n) is 53.4. The van der Waals surface area contributed by atoms with E-state index in [0.29, 0.717) is 64.3 Å². The maximum atomic E-state index is 13.0. The molecule has 0 aromatic carbocycles. The van der Waals surface area contributed by atoms with E-state index in [-0.39, 0.29) is 18.2 Å². The molecule has 1 aliphatic heterocycles. The minimum absolute atomic E-state index is 0.143. The molecular weight excluding hydrogens is 1020 g/mol. The first-order chi connectivity index (χ1) is 38.5. The average molecular weight is 1160 g/mol. The van der Waals surface area contributed by atoms with Gasteiger partial charge >= 0.3 is 5.97 Å². The first-order valence-electron chi connectivity index (χ1n) is 34.6. The van der Waals surface area contributed by atoms with Crippen LogP contribution in [-0.4, -0.2) is 166 Å². The van der Waals surface area contributed by atoms with Crippen molar-refractivity contribution in [3.8, 4) is 0 Å². The molecule has 12 heteroatoms. The van der Waals surface area contributed by atoms with E-state index in [1.165, 1.54) is 198 Å². The van der Waals surface area contributed by atoms with Gasteiger partial charge in [0.1, 0.15) is 6.61 Å². The van der Waals surface area contributed by atoms with E-state index in [1.807, 2.05) is 21.6 Å². The number of hydrogen-bond donors (Lipinski definition) is 4. The third kappa shape index (κ3) is 48.8. The summed E-state index contributed by atoms with van der Waals surface area (Å²) in [4.78, 5) is 22.7. The minimum Gasteiger partial charge on any atom is -0.464 e. The molecule has 0 aromatic heterocycles. The average Bonchev–Trinajstić information content (AvgIpc) is 3.42. The van der Waals surface area contributed by atoms with Crippen molar-refractivity contribution in [2.45, 2.75) is 341 Å². The van der Waals surface area contributed by atoms with Gasteiger partial charge in [-0.1, -0.05) is 255 Å². The van der Waals surface area contributed by atoms with Gasteiger partial charge in [-0.3, -0.25) is 24.4 Å². The van der Waals surface area contributed by atoms with Crippen LogP contribution in [0.2, 0.25) is 0 Å². The number of carbonyl (C=O) groups is 1. The van der Waals surface area contributed by atoms with Crippen LogP contribution in [0.3, 0.4) is 0 Å². The number of ether oxygens (including phenoxy) is 1. The van der Waals surface area contributed by atoms with Gasteiger partial charge < -0.3 is 25.2 Å². The summed E-state index contributed by atoms with van der Waals surface area (Å²) in [6.45, 7) is 22.2. The van der Waals surface area contributed by atoms with Gasteiger partial charge in [-0.15, -0.1) is 0 Å². The predicted molar refractivity (Wildman–Crippen MR) is 347 cm³/mol. The molecule has 0 aromatic rings. The Hall–Kier alpha value is -0.150. The molecule has 10 nitrogen and oxygen atoms in total. The number of esters is 1. The van der Waals surface area contributed by atoms with Crippen LogP contribution in [0, 0.1) is 0 Å². The molecule has 0 aliphatic carbocycles. The molecule has 1 aliphatic rings. The molecule has 1 rings (SSSR count). The van der Waals surface area contributed by atoms with Crippen molar-refractivity contribution in [2.24, 2.45) is 0 Å². The fourth-order valence-corrected chi connectivity index (χ4v) is 14.0. The first kappa shape index (κ1) is 76.9. The third-order valence-corrected chi connectivity index (χ3v) is 19.5. The molecule has 0 bridgehead atoms. The molecule has 6 atom stereocenters. The Morgan fingerprint density at radius 1 is 0.418 bits per heavy atom. The maximum absolute atomic E-state index is 13.0. The Morgan fingerprint density at radius 3 is 1.08 bits per heavy atom. The molecule has 472 valence electrons. The first-order valence-corrected chi connectivity index (χ1v) is 37.1. The summed E-state index contributed by atoms with van der Waals surface area (Å²) < 4.78 is 5.80. The van der Waals surface area contributed by atoms with Gasteiger partial charge in [0.25, 0.3) is 0 Å². The zero-order valence-corrected chi connectivity index (χ0v) is 55.0. The van der Waals surface area contributed by atoms with Crippen molar-refractivity contribution >= 4 is 27.6 Å². The molecule has 0 saturated carbocycles. The number of aliphatic hydroxyl groups is 4. The number of carbonyl (C=O) groups excluding carboxylic acids is 1. The van der Waals surface area contributed by atoms with E-state index in [2.05, 4.69) is 61.1 Å². The van der Waals surface area contributed by atoms with Gasteiger partial charge in [0, 0.05) is 75.8 Å². The fourth-order valence-electron chi connectivity index (χ4n) is 11.8. The van der Waals surface area contributed by atoms with Gasteiger partial charge in [-0.2, -0.15) is 0 Å². The summed E-state index contributed by atoms with van der Waals surface area (Å²) in [6.07, 6.45) is 47.1.